The van der Waals surface area contributed by atoms with Gasteiger partial charge < -0.3 is 15.2 Å². The number of ether oxygens (including phenoxy) is 2. The number of hydrogen-bond donors (Lipinski definition) is 1. The normalized spacial score (nSPS) is 10.9. The molecule has 0 aliphatic rings. The molecule has 6 nitrogen and oxygen atoms in total. The van der Waals surface area contributed by atoms with Crippen LogP contribution in [0.4, 0.5) is 5.82 Å². The van der Waals surface area contributed by atoms with Gasteiger partial charge in [0.15, 0.2) is 11.5 Å². The summed E-state index contributed by atoms with van der Waals surface area (Å²) in [5.74, 6) is 1.56. The number of nitrogens with two attached hydrogens (primary N) is 1. The van der Waals surface area contributed by atoms with Crippen molar-refractivity contribution in [3.05, 3.63) is 51.8 Å². The SMILES string of the molecule is CCOc1cc(/C=N\n2c(N)cc(C)cc2=O)ccc1OC. The van der Waals surface area contributed by atoms with Crippen molar-refractivity contribution < 1.29 is 9.47 Å². The zero-order valence-corrected chi connectivity index (χ0v) is 12.9. The Morgan fingerprint density at radius 2 is 2.05 bits per heavy atom. The molecule has 0 atom stereocenters. The van der Waals surface area contributed by atoms with Crippen molar-refractivity contribution in [3.8, 4) is 11.5 Å². The fourth-order valence-electron chi connectivity index (χ4n) is 2.01. The minimum absolute atomic E-state index is 0.271. The first-order chi connectivity index (χ1) is 10.5. The van der Waals surface area contributed by atoms with E-state index >= 15 is 0 Å². The number of nitrogen functional groups attached to an aromatic ring is 1. The summed E-state index contributed by atoms with van der Waals surface area (Å²) in [6, 6.07) is 8.57. The number of pyridine rings is 1. The Bertz CT molecular complexity index is 751. The first-order valence-corrected chi connectivity index (χ1v) is 6.89. The summed E-state index contributed by atoms with van der Waals surface area (Å²) in [6.45, 7) is 4.23. The molecule has 0 amide bonds. The summed E-state index contributed by atoms with van der Waals surface area (Å²) in [5, 5.41) is 4.13. The second-order valence-corrected chi connectivity index (χ2v) is 4.70. The zero-order valence-electron chi connectivity index (χ0n) is 12.9. The average molecular weight is 301 g/mol. The van der Waals surface area contributed by atoms with Crippen LogP contribution in [0.15, 0.2) is 40.2 Å². The van der Waals surface area contributed by atoms with Crippen molar-refractivity contribution in [2.24, 2.45) is 5.10 Å². The summed E-state index contributed by atoms with van der Waals surface area (Å²) in [7, 11) is 1.58. The summed E-state index contributed by atoms with van der Waals surface area (Å²) in [5.41, 5.74) is 7.12. The molecule has 0 bridgehead atoms. The molecule has 1 heterocycles. The number of anilines is 1. The van der Waals surface area contributed by atoms with Crippen molar-refractivity contribution in [3.63, 3.8) is 0 Å². The van der Waals surface area contributed by atoms with Crippen LogP contribution in [0.3, 0.4) is 0 Å². The van der Waals surface area contributed by atoms with Crippen LogP contribution in [-0.2, 0) is 0 Å². The van der Waals surface area contributed by atoms with E-state index in [9.17, 15) is 4.79 Å². The van der Waals surface area contributed by atoms with Gasteiger partial charge in [0.05, 0.1) is 19.9 Å². The van der Waals surface area contributed by atoms with Gasteiger partial charge in [-0.3, -0.25) is 4.79 Å². The molecule has 0 unspecified atom stereocenters. The van der Waals surface area contributed by atoms with Crippen LogP contribution in [0, 0.1) is 6.92 Å². The number of rotatable bonds is 5. The average Bonchev–Trinajstić information content (AvgIpc) is 2.46. The number of aromatic nitrogens is 1. The van der Waals surface area contributed by atoms with E-state index in [0.29, 0.717) is 23.9 Å². The van der Waals surface area contributed by atoms with Gasteiger partial charge in [0.25, 0.3) is 5.56 Å². The van der Waals surface area contributed by atoms with E-state index < -0.39 is 0 Å². The number of nitrogens with zero attached hydrogens (tertiary/aromatic N) is 2. The van der Waals surface area contributed by atoms with Gasteiger partial charge in [-0.15, -0.1) is 0 Å². The minimum Gasteiger partial charge on any atom is -0.493 e. The highest BCUT2D eigenvalue weighted by Crippen LogP contribution is 2.27. The molecular weight excluding hydrogens is 282 g/mol. The molecule has 2 N–H and O–H groups in total. The van der Waals surface area contributed by atoms with Crippen molar-refractivity contribution in [2.75, 3.05) is 19.5 Å². The molecule has 0 aliphatic heterocycles. The van der Waals surface area contributed by atoms with Crippen molar-refractivity contribution in [1.29, 1.82) is 0 Å². The molecule has 0 fully saturated rings. The lowest BCUT2D eigenvalue weighted by molar-refractivity contribution is 0.311. The van der Waals surface area contributed by atoms with E-state index in [1.54, 1.807) is 31.5 Å². The fourth-order valence-corrected chi connectivity index (χ4v) is 2.01. The van der Waals surface area contributed by atoms with E-state index in [1.165, 1.54) is 6.07 Å². The third-order valence-corrected chi connectivity index (χ3v) is 2.99. The van der Waals surface area contributed by atoms with Crippen LogP contribution < -0.4 is 20.8 Å². The van der Waals surface area contributed by atoms with Crippen LogP contribution in [0.25, 0.3) is 0 Å². The third kappa shape index (κ3) is 3.46. The Kier molecular flexibility index (Phi) is 4.83. The molecule has 22 heavy (non-hydrogen) atoms. The van der Waals surface area contributed by atoms with Crippen molar-refractivity contribution in [1.82, 2.24) is 4.68 Å². The second kappa shape index (κ2) is 6.80. The van der Waals surface area contributed by atoms with Gasteiger partial charge in [-0.2, -0.15) is 9.78 Å². The maximum absolute atomic E-state index is 11.9. The monoisotopic (exact) mass is 301 g/mol. The Labute approximate surface area is 128 Å². The molecule has 116 valence electrons. The summed E-state index contributed by atoms with van der Waals surface area (Å²) < 4.78 is 11.9. The maximum Gasteiger partial charge on any atom is 0.273 e. The van der Waals surface area contributed by atoms with Gasteiger partial charge in [0.1, 0.15) is 5.82 Å². The Hall–Kier alpha value is -2.76. The zero-order chi connectivity index (χ0) is 16.1. The fraction of sp³-hybridized carbons (Fsp3) is 0.250. The van der Waals surface area contributed by atoms with E-state index in [4.69, 9.17) is 15.2 Å². The molecule has 1 aromatic heterocycles. The van der Waals surface area contributed by atoms with Gasteiger partial charge in [-0.1, -0.05) is 0 Å². The quantitative estimate of drug-likeness (QED) is 0.857. The molecule has 0 saturated heterocycles. The smallest absolute Gasteiger partial charge is 0.273 e. The summed E-state index contributed by atoms with van der Waals surface area (Å²) in [4.78, 5) is 11.9. The minimum atomic E-state index is -0.271. The number of hydrogen-bond acceptors (Lipinski definition) is 5. The van der Waals surface area contributed by atoms with E-state index in [2.05, 4.69) is 5.10 Å². The second-order valence-electron chi connectivity index (χ2n) is 4.70. The first-order valence-electron chi connectivity index (χ1n) is 6.89. The Balaban J connectivity index is 2.35. The first kappa shape index (κ1) is 15.6. The standard InChI is InChI=1S/C16H19N3O3/c1-4-22-14-9-12(5-6-13(14)21-3)10-18-19-15(17)7-11(2)8-16(19)20/h5-10H,4,17H2,1-3H3/b18-10-. The summed E-state index contributed by atoms with van der Waals surface area (Å²) in [6.07, 6.45) is 1.55. The lowest BCUT2D eigenvalue weighted by Gasteiger charge is -2.09. The van der Waals surface area contributed by atoms with Crippen LogP contribution in [0.5, 0.6) is 11.5 Å². The Morgan fingerprint density at radius 3 is 2.68 bits per heavy atom. The summed E-state index contributed by atoms with van der Waals surface area (Å²) >= 11 is 0. The molecule has 0 radical (unpaired) electrons. The van der Waals surface area contributed by atoms with Gasteiger partial charge in [-0.25, -0.2) is 0 Å². The van der Waals surface area contributed by atoms with Crippen LogP contribution in [0.1, 0.15) is 18.1 Å². The van der Waals surface area contributed by atoms with Gasteiger partial charge in [0.2, 0.25) is 0 Å². The number of methoxy groups -OCH3 is 1. The molecule has 2 rings (SSSR count). The topological polar surface area (TPSA) is 78.8 Å². The largest absolute Gasteiger partial charge is 0.493 e. The van der Waals surface area contributed by atoms with Gasteiger partial charge >= 0.3 is 0 Å². The van der Waals surface area contributed by atoms with Crippen LogP contribution in [0.2, 0.25) is 0 Å². The van der Waals surface area contributed by atoms with Crippen molar-refractivity contribution in [2.45, 2.75) is 13.8 Å². The highest BCUT2D eigenvalue weighted by Gasteiger charge is 2.05. The van der Waals surface area contributed by atoms with Gasteiger partial charge in [-0.05, 0) is 49.2 Å². The van der Waals surface area contributed by atoms with E-state index in [0.717, 1.165) is 15.8 Å². The predicted molar refractivity (Wildman–Crippen MR) is 87.0 cm³/mol. The lowest BCUT2D eigenvalue weighted by Crippen LogP contribution is -2.19. The highest BCUT2D eigenvalue weighted by molar-refractivity contribution is 5.81. The third-order valence-electron chi connectivity index (χ3n) is 2.99. The Morgan fingerprint density at radius 1 is 1.27 bits per heavy atom. The molecule has 6 heteroatoms. The van der Waals surface area contributed by atoms with Crippen LogP contribution >= 0.6 is 0 Å². The molecular formula is C16H19N3O3. The lowest BCUT2D eigenvalue weighted by atomic mass is 10.2. The predicted octanol–water partition coefficient (Wildman–Crippen LogP) is 2.03. The number of benzene rings is 1. The highest BCUT2D eigenvalue weighted by atomic mass is 16.5. The van der Waals surface area contributed by atoms with E-state index in [-0.39, 0.29) is 5.56 Å². The maximum atomic E-state index is 11.9. The number of aryl methyl sites for hydroxylation is 1. The van der Waals surface area contributed by atoms with Crippen molar-refractivity contribution >= 4 is 12.0 Å². The molecule has 2 aromatic rings. The molecule has 0 spiro atoms. The van der Waals surface area contributed by atoms with Crippen LogP contribution in [-0.4, -0.2) is 24.6 Å². The van der Waals surface area contributed by atoms with Gasteiger partial charge in [0, 0.05) is 6.07 Å². The van der Waals surface area contributed by atoms with E-state index in [1.807, 2.05) is 19.9 Å². The molecule has 0 aliphatic carbocycles. The molecule has 0 saturated carbocycles. The molecule has 1 aromatic carbocycles.